The number of fused-ring (bicyclic) bond motifs is 1. The van der Waals surface area contributed by atoms with Gasteiger partial charge in [0.2, 0.25) is 0 Å². The lowest BCUT2D eigenvalue weighted by molar-refractivity contribution is -0.121. The number of likely N-dealkylation sites (tertiary alicyclic amines) is 1. The lowest BCUT2D eigenvalue weighted by atomic mass is 10.0. The molecule has 4 nitrogen and oxygen atoms in total. The Hall–Kier alpha value is -1.55. The summed E-state index contributed by atoms with van der Waals surface area (Å²) >= 11 is 0. The van der Waals surface area contributed by atoms with Crippen molar-refractivity contribution in [1.82, 2.24) is 4.90 Å². The summed E-state index contributed by atoms with van der Waals surface area (Å²) in [6.45, 7) is 6.76. The highest BCUT2D eigenvalue weighted by Gasteiger charge is 2.25. The van der Waals surface area contributed by atoms with Crippen LogP contribution < -0.4 is 9.64 Å². The molecule has 2 aliphatic heterocycles. The number of hydrogen-bond acceptors (Lipinski definition) is 3. The first-order valence-electron chi connectivity index (χ1n) is 7.98. The summed E-state index contributed by atoms with van der Waals surface area (Å²) in [5, 5.41) is 0. The number of anilines is 1. The van der Waals surface area contributed by atoms with Gasteiger partial charge in [0.05, 0.1) is 5.69 Å². The van der Waals surface area contributed by atoms with E-state index in [1.165, 1.54) is 25.9 Å². The van der Waals surface area contributed by atoms with Crippen molar-refractivity contribution in [2.24, 2.45) is 5.92 Å². The normalized spacial score (nSPS) is 22.8. The summed E-state index contributed by atoms with van der Waals surface area (Å²) in [5.41, 5.74) is 0.917. The third-order valence-corrected chi connectivity index (χ3v) is 4.41. The summed E-state index contributed by atoms with van der Waals surface area (Å²) in [7, 11) is 0. The summed E-state index contributed by atoms with van der Waals surface area (Å²) in [4.78, 5) is 16.5. The number of hydrogen-bond donors (Lipinski definition) is 0. The van der Waals surface area contributed by atoms with E-state index in [-0.39, 0.29) is 12.5 Å². The fraction of sp³-hybridized carbons (Fsp3) is 0.588. The minimum Gasteiger partial charge on any atom is -0.482 e. The van der Waals surface area contributed by atoms with Crippen LogP contribution in [0, 0.1) is 5.92 Å². The minimum absolute atomic E-state index is 0.0701. The van der Waals surface area contributed by atoms with E-state index >= 15 is 0 Å². The summed E-state index contributed by atoms with van der Waals surface area (Å²) in [5.74, 6) is 1.70. The Morgan fingerprint density at radius 3 is 3.00 bits per heavy atom. The molecule has 4 heteroatoms. The van der Waals surface area contributed by atoms with E-state index in [2.05, 4.69) is 11.8 Å². The van der Waals surface area contributed by atoms with E-state index in [9.17, 15) is 4.79 Å². The van der Waals surface area contributed by atoms with Gasteiger partial charge in [-0.3, -0.25) is 4.79 Å². The lowest BCUT2D eigenvalue weighted by Gasteiger charge is -2.33. The van der Waals surface area contributed by atoms with Crippen LogP contribution in [0.3, 0.4) is 0 Å². The zero-order valence-corrected chi connectivity index (χ0v) is 12.8. The Balaban J connectivity index is 1.56. The maximum atomic E-state index is 12.1. The molecule has 0 bridgehead atoms. The van der Waals surface area contributed by atoms with Gasteiger partial charge in [-0.15, -0.1) is 0 Å². The fourth-order valence-corrected chi connectivity index (χ4v) is 3.34. The molecule has 1 fully saturated rings. The Kier molecular flexibility index (Phi) is 4.44. The van der Waals surface area contributed by atoms with Crippen LogP contribution in [0.1, 0.15) is 26.2 Å². The van der Waals surface area contributed by atoms with E-state index in [0.29, 0.717) is 0 Å². The first kappa shape index (κ1) is 14.4. The molecule has 1 saturated heterocycles. The molecule has 114 valence electrons. The third-order valence-electron chi connectivity index (χ3n) is 4.41. The molecular formula is C17H24N2O2. The number of para-hydroxylation sites is 2. The summed E-state index contributed by atoms with van der Waals surface area (Å²) < 4.78 is 5.47. The monoisotopic (exact) mass is 288 g/mol. The first-order chi connectivity index (χ1) is 10.2. The van der Waals surface area contributed by atoms with Gasteiger partial charge in [-0.25, -0.2) is 0 Å². The predicted molar refractivity (Wildman–Crippen MR) is 83.7 cm³/mol. The maximum Gasteiger partial charge on any atom is 0.265 e. The number of piperidine rings is 1. The fourth-order valence-electron chi connectivity index (χ4n) is 3.34. The number of nitrogens with zero attached hydrogens (tertiary/aromatic N) is 2. The Labute approximate surface area is 126 Å². The van der Waals surface area contributed by atoms with Crippen molar-refractivity contribution >= 4 is 11.6 Å². The van der Waals surface area contributed by atoms with E-state index in [4.69, 9.17) is 4.74 Å². The lowest BCUT2D eigenvalue weighted by Crippen LogP contribution is -2.41. The number of ether oxygens (including phenoxy) is 1. The molecule has 1 aromatic carbocycles. The van der Waals surface area contributed by atoms with E-state index in [1.54, 1.807) is 0 Å². The number of rotatable bonds is 4. The quantitative estimate of drug-likeness (QED) is 0.853. The summed E-state index contributed by atoms with van der Waals surface area (Å²) in [6.07, 6.45) is 3.68. The average Bonchev–Trinajstić information content (AvgIpc) is 2.50. The molecule has 1 unspecified atom stereocenters. The first-order valence-corrected chi connectivity index (χ1v) is 7.98. The van der Waals surface area contributed by atoms with Gasteiger partial charge in [0, 0.05) is 13.1 Å². The van der Waals surface area contributed by atoms with Crippen molar-refractivity contribution in [3.8, 4) is 5.75 Å². The van der Waals surface area contributed by atoms with Gasteiger partial charge in [0.15, 0.2) is 6.61 Å². The molecule has 1 amide bonds. The van der Waals surface area contributed by atoms with Gasteiger partial charge in [0.1, 0.15) is 5.75 Å². The molecule has 2 aliphatic rings. The molecule has 0 aliphatic carbocycles. The van der Waals surface area contributed by atoms with Crippen LogP contribution in [0.25, 0.3) is 0 Å². The smallest absolute Gasteiger partial charge is 0.265 e. The van der Waals surface area contributed by atoms with Crippen molar-refractivity contribution in [2.45, 2.75) is 26.2 Å². The highest BCUT2D eigenvalue weighted by atomic mass is 16.5. The zero-order chi connectivity index (χ0) is 14.7. The van der Waals surface area contributed by atoms with Gasteiger partial charge < -0.3 is 14.5 Å². The molecule has 3 rings (SSSR count). The van der Waals surface area contributed by atoms with Crippen LogP contribution in [0.4, 0.5) is 5.69 Å². The Bertz CT molecular complexity index is 503. The largest absolute Gasteiger partial charge is 0.482 e. The van der Waals surface area contributed by atoms with Crippen molar-refractivity contribution in [3.05, 3.63) is 24.3 Å². The van der Waals surface area contributed by atoms with Gasteiger partial charge in [0.25, 0.3) is 5.91 Å². The Morgan fingerprint density at radius 1 is 1.29 bits per heavy atom. The molecule has 0 spiro atoms. The summed E-state index contributed by atoms with van der Waals surface area (Å²) in [6, 6.07) is 7.80. The molecule has 0 N–H and O–H groups in total. The van der Waals surface area contributed by atoms with Crippen LogP contribution in [-0.2, 0) is 4.79 Å². The molecule has 0 radical (unpaired) electrons. The van der Waals surface area contributed by atoms with Gasteiger partial charge in [-0.2, -0.15) is 0 Å². The highest BCUT2D eigenvalue weighted by molar-refractivity contribution is 5.97. The van der Waals surface area contributed by atoms with Gasteiger partial charge in [-0.05, 0) is 50.4 Å². The second-order valence-electron chi connectivity index (χ2n) is 6.20. The molecule has 0 saturated carbocycles. The Morgan fingerprint density at radius 2 is 2.14 bits per heavy atom. The minimum atomic E-state index is 0.0701. The predicted octanol–water partition coefficient (Wildman–Crippen LogP) is 2.53. The third kappa shape index (κ3) is 3.38. The second-order valence-corrected chi connectivity index (χ2v) is 6.20. The molecule has 2 heterocycles. The van der Waals surface area contributed by atoms with Gasteiger partial charge in [-0.1, -0.05) is 19.1 Å². The SMILES string of the molecule is CC1CCCN(CCCN2C(=O)COc3ccccc32)C1. The van der Waals surface area contributed by atoms with Crippen LogP contribution in [0.5, 0.6) is 5.75 Å². The second kappa shape index (κ2) is 6.48. The van der Waals surface area contributed by atoms with Crippen LogP contribution in [0.15, 0.2) is 24.3 Å². The number of carbonyl (C=O) groups excluding carboxylic acids is 1. The number of carbonyl (C=O) groups is 1. The zero-order valence-electron chi connectivity index (χ0n) is 12.8. The van der Waals surface area contributed by atoms with E-state index in [0.717, 1.165) is 36.9 Å². The van der Waals surface area contributed by atoms with Crippen LogP contribution in [0.2, 0.25) is 0 Å². The van der Waals surface area contributed by atoms with E-state index in [1.807, 2.05) is 29.2 Å². The van der Waals surface area contributed by atoms with Crippen molar-refractivity contribution < 1.29 is 9.53 Å². The highest BCUT2D eigenvalue weighted by Crippen LogP contribution is 2.31. The molecule has 1 atom stereocenters. The molecule has 0 aromatic heterocycles. The van der Waals surface area contributed by atoms with Crippen molar-refractivity contribution in [2.75, 3.05) is 37.7 Å². The van der Waals surface area contributed by atoms with Gasteiger partial charge >= 0.3 is 0 Å². The van der Waals surface area contributed by atoms with Crippen LogP contribution >= 0.6 is 0 Å². The topological polar surface area (TPSA) is 32.8 Å². The number of amides is 1. The molecule has 21 heavy (non-hydrogen) atoms. The van der Waals surface area contributed by atoms with Crippen LogP contribution in [-0.4, -0.2) is 43.6 Å². The van der Waals surface area contributed by atoms with E-state index < -0.39 is 0 Å². The maximum absolute atomic E-state index is 12.1. The molecular weight excluding hydrogens is 264 g/mol. The van der Waals surface area contributed by atoms with Crippen molar-refractivity contribution in [1.29, 1.82) is 0 Å². The molecule has 1 aromatic rings. The number of benzene rings is 1. The van der Waals surface area contributed by atoms with Crippen molar-refractivity contribution in [3.63, 3.8) is 0 Å². The standard InChI is InChI=1S/C17H24N2O2/c1-14-6-4-9-18(12-14)10-5-11-19-15-7-2-3-8-16(15)21-13-17(19)20/h2-3,7-8,14H,4-6,9-13H2,1H3. The average molecular weight is 288 g/mol.